The minimum atomic E-state index is 0.467. The van der Waals surface area contributed by atoms with Gasteiger partial charge in [-0.2, -0.15) is 0 Å². The molecular weight excluding hydrogens is 312 g/mol. The van der Waals surface area contributed by atoms with E-state index >= 15 is 0 Å². The predicted octanol–water partition coefficient (Wildman–Crippen LogP) is 1.29. The minimum Gasteiger partial charge on any atom is -0.359 e. The molecule has 116 valence electrons. The molecular formula is C14H14N8S. The first-order valence-corrected chi connectivity index (χ1v) is 7.23. The molecule has 3 heterocycles. The second kappa shape index (κ2) is 6.44. The lowest BCUT2D eigenvalue weighted by Crippen LogP contribution is -2.28. The predicted molar refractivity (Wildman–Crippen MR) is 91.8 cm³/mol. The van der Waals surface area contributed by atoms with Crippen LogP contribution in [0.2, 0.25) is 0 Å². The molecule has 0 atom stereocenters. The van der Waals surface area contributed by atoms with Gasteiger partial charge in [-0.1, -0.05) is 11.3 Å². The smallest absolute Gasteiger partial charge is 0.180 e. The quantitative estimate of drug-likeness (QED) is 0.547. The summed E-state index contributed by atoms with van der Waals surface area (Å²) in [6.45, 7) is 4.20. The molecule has 0 saturated carbocycles. The number of hydrogen-bond acceptors (Lipinski definition) is 6. The Morgan fingerprint density at radius 3 is 2.96 bits per heavy atom. The number of anilines is 1. The van der Waals surface area contributed by atoms with Gasteiger partial charge in [-0.15, -0.1) is 11.7 Å². The summed E-state index contributed by atoms with van der Waals surface area (Å²) in [6.07, 6.45) is 5.14. The Labute approximate surface area is 137 Å². The van der Waals surface area contributed by atoms with Crippen molar-refractivity contribution in [3.63, 3.8) is 0 Å². The average Bonchev–Trinajstić information content (AvgIpc) is 2.99. The maximum atomic E-state index is 5.16. The van der Waals surface area contributed by atoms with Crippen LogP contribution in [0.15, 0.2) is 37.2 Å². The molecule has 3 aromatic rings. The highest BCUT2D eigenvalue weighted by atomic mass is 32.1. The largest absolute Gasteiger partial charge is 0.359 e. The third kappa shape index (κ3) is 3.46. The zero-order chi connectivity index (χ0) is 16.2. The van der Waals surface area contributed by atoms with E-state index in [-0.39, 0.29) is 0 Å². The monoisotopic (exact) mass is 326 g/mol. The van der Waals surface area contributed by atoms with Crippen molar-refractivity contribution in [2.45, 2.75) is 0 Å². The first-order chi connectivity index (χ1) is 11.2. The van der Waals surface area contributed by atoms with Crippen molar-refractivity contribution in [1.82, 2.24) is 35.3 Å². The topological polar surface area (TPSA) is 93.4 Å². The maximum Gasteiger partial charge on any atom is 0.180 e. The normalized spacial score (nSPS) is 10.5. The standard InChI is InChI=1S/C14H14N8S/c1-3-6-15-14(23)19-12-5-4-9-13(18-12)17-10(7-16-9)11-8-22(2)21-20-11/h3-5,7-8H,1,6H2,2H3,(H2,15,17,18,19,23). The Balaban J connectivity index is 1.88. The number of nitrogens with zero attached hydrogens (tertiary/aromatic N) is 6. The molecule has 2 N–H and O–H groups in total. The maximum absolute atomic E-state index is 5.16. The first-order valence-electron chi connectivity index (χ1n) is 6.82. The van der Waals surface area contributed by atoms with Crippen LogP contribution in [0.3, 0.4) is 0 Å². The van der Waals surface area contributed by atoms with Crippen molar-refractivity contribution in [3.8, 4) is 11.4 Å². The highest BCUT2D eigenvalue weighted by Crippen LogP contribution is 2.17. The van der Waals surface area contributed by atoms with Gasteiger partial charge in [-0.05, 0) is 24.4 Å². The van der Waals surface area contributed by atoms with Gasteiger partial charge >= 0.3 is 0 Å². The Morgan fingerprint density at radius 1 is 1.35 bits per heavy atom. The van der Waals surface area contributed by atoms with Crippen molar-refractivity contribution in [1.29, 1.82) is 0 Å². The third-order valence-corrected chi connectivity index (χ3v) is 3.17. The first kappa shape index (κ1) is 15.0. The number of rotatable bonds is 4. The molecule has 3 aromatic heterocycles. The van der Waals surface area contributed by atoms with Crippen molar-refractivity contribution in [2.75, 3.05) is 11.9 Å². The summed E-state index contributed by atoms with van der Waals surface area (Å²) in [5.74, 6) is 0.588. The number of nitrogens with one attached hydrogen (secondary N) is 2. The number of hydrogen-bond donors (Lipinski definition) is 2. The van der Waals surface area contributed by atoms with Crippen LogP contribution in [-0.4, -0.2) is 41.6 Å². The summed E-state index contributed by atoms with van der Waals surface area (Å²) < 4.78 is 1.61. The summed E-state index contributed by atoms with van der Waals surface area (Å²) >= 11 is 5.16. The van der Waals surface area contributed by atoms with Gasteiger partial charge in [-0.25, -0.2) is 9.97 Å². The molecule has 0 amide bonds. The number of aryl methyl sites for hydroxylation is 1. The second-order valence-electron chi connectivity index (χ2n) is 4.70. The lowest BCUT2D eigenvalue weighted by Gasteiger charge is -2.08. The Kier molecular flexibility index (Phi) is 4.20. The molecule has 9 heteroatoms. The molecule has 0 aliphatic rings. The van der Waals surface area contributed by atoms with Crippen LogP contribution in [0.4, 0.5) is 5.82 Å². The van der Waals surface area contributed by atoms with Gasteiger partial charge < -0.3 is 10.6 Å². The van der Waals surface area contributed by atoms with E-state index in [0.717, 1.165) is 0 Å². The number of pyridine rings is 1. The fourth-order valence-electron chi connectivity index (χ4n) is 1.88. The van der Waals surface area contributed by atoms with Crippen molar-refractivity contribution < 1.29 is 0 Å². The zero-order valence-electron chi connectivity index (χ0n) is 12.4. The lowest BCUT2D eigenvalue weighted by atomic mass is 10.3. The molecule has 0 aliphatic heterocycles. The minimum absolute atomic E-state index is 0.467. The van der Waals surface area contributed by atoms with Gasteiger partial charge in [0.05, 0.1) is 12.4 Å². The number of aromatic nitrogens is 6. The van der Waals surface area contributed by atoms with E-state index in [4.69, 9.17) is 12.2 Å². The van der Waals surface area contributed by atoms with E-state index in [2.05, 4.69) is 42.5 Å². The summed E-state index contributed by atoms with van der Waals surface area (Å²) in [5, 5.41) is 14.4. The van der Waals surface area contributed by atoms with Gasteiger partial charge in [0.15, 0.2) is 10.8 Å². The summed E-state index contributed by atoms with van der Waals surface area (Å²) in [6, 6.07) is 3.62. The van der Waals surface area contributed by atoms with Crippen LogP contribution < -0.4 is 10.6 Å². The van der Waals surface area contributed by atoms with Crippen molar-refractivity contribution in [2.24, 2.45) is 7.05 Å². The van der Waals surface area contributed by atoms with Gasteiger partial charge in [0.2, 0.25) is 0 Å². The number of thiocarbonyl (C=S) groups is 1. The summed E-state index contributed by atoms with van der Waals surface area (Å²) in [4.78, 5) is 13.2. The van der Waals surface area contributed by atoms with Crippen LogP contribution in [-0.2, 0) is 7.05 Å². The molecule has 0 aliphatic carbocycles. The molecule has 0 saturated heterocycles. The molecule has 0 spiro atoms. The molecule has 0 aromatic carbocycles. The fraction of sp³-hybridized carbons (Fsp3) is 0.143. The summed E-state index contributed by atoms with van der Waals surface area (Å²) in [5.41, 5.74) is 2.45. The van der Waals surface area contributed by atoms with E-state index < -0.39 is 0 Å². The van der Waals surface area contributed by atoms with E-state index in [1.165, 1.54) is 0 Å². The van der Waals surface area contributed by atoms with Crippen LogP contribution in [0.5, 0.6) is 0 Å². The summed E-state index contributed by atoms with van der Waals surface area (Å²) in [7, 11) is 1.79. The van der Waals surface area contributed by atoms with Crippen LogP contribution in [0.1, 0.15) is 0 Å². The molecule has 3 rings (SSSR count). The zero-order valence-corrected chi connectivity index (χ0v) is 13.2. The molecule has 0 bridgehead atoms. The van der Waals surface area contributed by atoms with Crippen molar-refractivity contribution in [3.05, 3.63) is 37.2 Å². The highest BCUT2D eigenvalue weighted by molar-refractivity contribution is 7.80. The van der Waals surface area contributed by atoms with E-state index in [1.54, 1.807) is 36.3 Å². The Bertz CT molecular complexity index is 872. The van der Waals surface area contributed by atoms with E-state index in [1.807, 2.05) is 6.07 Å². The molecule has 0 radical (unpaired) electrons. The van der Waals surface area contributed by atoms with Crippen LogP contribution >= 0.6 is 12.2 Å². The SMILES string of the molecule is C=CCNC(=S)Nc1ccc2ncc(-c3cn(C)nn3)nc2n1. The van der Waals surface area contributed by atoms with E-state index in [9.17, 15) is 0 Å². The lowest BCUT2D eigenvalue weighted by molar-refractivity contribution is 0.715. The van der Waals surface area contributed by atoms with E-state index in [0.29, 0.717) is 40.0 Å². The van der Waals surface area contributed by atoms with Crippen molar-refractivity contribution >= 4 is 34.3 Å². The molecule has 0 unspecified atom stereocenters. The molecule has 23 heavy (non-hydrogen) atoms. The van der Waals surface area contributed by atoms with Crippen LogP contribution in [0.25, 0.3) is 22.6 Å². The van der Waals surface area contributed by atoms with Gasteiger partial charge in [0, 0.05) is 13.6 Å². The van der Waals surface area contributed by atoms with Gasteiger partial charge in [0.25, 0.3) is 0 Å². The Hall–Kier alpha value is -2.94. The van der Waals surface area contributed by atoms with Gasteiger partial charge in [-0.3, -0.25) is 9.67 Å². The molecule has 8 nitrogen and oxygen atoms in total. The highest BCUT2D eigenvalue weighted by Gasteiger charge is 2.08. The third-order valence-electron chi connectivity index (χ3n) is 2.92. The fourth-order valence-corrected chi connectivity index (χ4v) is 2.07. The van der Waals surface area contributed by atoms with Gasteiger partial charge in [0.1, 0.15) is 22.7 Å². The molecule has 0 fully saturated rings. The average molecular weight is 326 g/mol. The Morgan fingerprint density at radius 2 is 2.22 bits per heavy atom. The van der Waals surface area contributed by atoms with Crippen LogP contribution in [0, 0.1) is 0 Å². The second-order valence-corrected chi connectivity index (χ2v) is 5.10. The number of fused-ring (bicyclic) bond motifs is 1.